The highest BCUT2D eigenvalue weighted by atomic mass is 35.5. The fourth-order valence-electron chi connectivity index (χ4n) is 1.48. The maximum absolute atomic E-state index is 8.75. The van der Waals surface area contributed by atoms with Gasteiger partial charge in [0, 0.05) is 0 Å². The lowest BCUT2D eigenvalue weighted by atomic mass is 10.2. The van der Waals surface area contributed by atoms with Gasteiger partial charge in [0.25, 0.3) is 0 Å². The lowest BCUT2D eigenvalue weighted by Crippen LogP contribution is -1.93. The van der Waals surface area contributed by atoms with Gasteiger partial charge in [0.15, 0.2) is 0 Å². The Hall–Kier alpha value is -2.69. The minimum atomic E-state index is 0.322. The molecule has 5 heteroatoms. The molecule has 0 fully saturated rings. The minimum absolute atomic E-state index is 0.322. The summed E-state index contributed by atoms with van der Waals surface area (Å²) >= 11 is 6.00. The lowest BCUT2D eigenvalue weighted by Gasteiger charge is -2.10. The molecule has 0 spiro atoms. The fraction of sp³-hybridized carbons (Fsp3) is 0. The van der Waals surface area contributed by atoms with Gasteiger partial charge in [0.1, 0.15) is 11.5 Å². The van der Waals surface area contributed by atoms with Crippen molar-refractivity contribution in [2.45, 2.75) is 0 Å². The number of nitrogens with zero attached hydrogens (tertiary/aromatic N) is 2. The van der Waals surface area contributed by atoms with Crippen molar-refractivity contribution in [1.29, 1.82) is 10.5 Å². The summed E-state index contributed by atoms with van der Waals surface area (Å²) in [5.41, 5.74) is 7.03. The van der Waals surface area contributed by atoms with Gasteiger partial charge >= 0.3 is 0 Å². The first-order valence-corrected chi connectivity index (χ1v) is 5.69. The van der Waals surface area contributed by atoms with Crippen LogP contribution in [-0.4, -0.2) is 0 Å². The van der Waals surface area contributed by atoms with E-state index in [0.717, 1.165) is 0 Å². The monoisotopic (exact) mass is 269 g/mol. The van der Waals surface area contributed by atoms with Crippen LogP contribution < -0.4 is 10.5 Å². The molecule has 0 saturated carbocycles. The molecule has 0 radical (unpaired) electrons. The molecule has 0 aliphatic rings. The largest absolute Gasteiger partial charge is 0.454 e. The molecule has 2 aromatic carbocycles. The molecule has 92 valence electrons. The zero-order valence-corrected chi connectivity index (χ0v) is 10.5. The first-order valence-electron chi connectivity index (χ1n) is 5.31. The van der Waals surface area contributed by atoms with Crippen LogP contribution in [0.2, 0.25) is 5.02 Å². The van der Waals surface area contributed by atoms with E-state index in [1.54, 1.807) is 24.3 Å². The van der Waals surface area contributed by atoms with Crippen molar-refractivity contribution in [3.63, 3.8) is 0 Å². The normalized spacial score (nSPS) is 9.42. The Morgan fingerprint density at radius 2 is 1.53 bits per heavy atom. The Labute approximate surface area is 115 Å². The van der Waals surface area contributed by atoms with Gasteiger partial charge in [0.05, 0.1) is 34.0 Å². The number of ether oxygens (including phenoxy) is 1. The van der Waals surface area contributed by atoms with E-state index in [1.165, 1.54) is 12.1 Å². The predicted molar refractivity (Wildman–Crippen MR) is 71.8 cm³/mol. The molecule has 0 aromatic heterocycles. The maximum atomic E-state index is 8.75. The van der Waals surface area contributed by atoms with Crippen molar-refractivity contribution in [3.8, 4) is 23.6 Å². The van der Waals surface area contributed by atoms with E-state index in [9.17, 15) is 0 Å². The van der Waals surface area contributed by atoms with Crippen LogP contribution >= 0.6 is 11.6 Å². The van der Waals surface area contributed by atoms with Crippen molar-refractivity contribution in [1.82, 2.24) is 0 Å². The zero-order chi connectivity index (χ0) is 13.8. The highest BCUT2D eigenvalue weighted by Crippen LogP contribution is 2.33. The van der Waals surface area contributed by atoms with Gasteiger partial charge in [-0.15, -0.1) is 0 Å². The van der Waals surface area contributed by atoms with E-state index in [-0.39, 0.29) is 0 Å². The molecular weight excluding hydrogens is 262 g/mol. The topological polar surface area (TPSA) is 82.8 Å². The average Bonchev–Trinajstić information content (AvgIpc) is 2.42. The number of halogens is 1. The van der Waals surface area contributed by atoms with Crippen molar-refractivity contribution < 1.29 is 4.74 Å². The number of nitrogen functional groups attached to an aromatic ring is 1. The summed E-state index contributed by atoms with van der Waals surface area (Å²) < 4.78 is 5.56. The van der Waals surface area contributed by atoms with Crippen LogP contribution in [0.15, 0.2) is 36.4 Å². The number of nitriles is 2. The third-order valence-electron chi connectivity index (χ3n) is 2.42. The predicted octanol–water partition coefficient (Wildman–Crippen LogP) is 3.46. The third-order valence-corrected chi connectivity index (χ3v) is 2.72. The zero-order valence-electron chi connectivity index (χ0n) is 9.72. The Bertz CT molecular complexity index is 652. The van der Waals surface area contributed by atoms with Crippen LogP contribution in [0.5, 0.6) is 11.5 Å². The summed E-state index contributed by atoms with van der Waals surface area (Å²) in [4.78, 5) is 0. The molecule has 2 N–H and O–H groups in total. The molecule has 0 atom stereocenters. The number of anilines is 1. The number of rotatable bonds is 2. The average molecular weight is 270 g/mol. The first kappa shape index (κ1) is 12.8. The van der Waals surface area contributed by atoms with E-state index < -0.39 is 0 Å². The second kappa shape index (κ2) is 5.30. The summed E-state index contributed by atoms with van der Waals surface area (Å²) in [5, 5.41) is 17.8. The minimum Gasteiger partial charge on any atom is -0.454 e. The van der Waals surface area contributed by atoms with Crippen LogP contribution in [0.4, 0.5) is 5.69 Å². The van der Waals surface area contributed by atoms with Gasteiger partial charge in [-0.05, 0) is 36.4 Å². The van der Waals surface area contributed by atoms with Gasteiger partial charge in [-0.1, -0.05) is 11.6 Å². The van der Waals surface area contributed by atoms with Crippen molar-refractivity contribution in [3.05, 3.63) is 52.5 Å². The highest BCUT2D eigenvalue weighted by molar-refractivity contribution is 6.32. The first-order chi connectivity index (χ1) is 9.13. The molecule has 0 saturated heterocycles. The molecule has 2 aromatic rings. The van der Waals surface area contributed by atoms with Crippen molar-refractivity contribution in [2.24, 2.45) is 0 Å². The van der Waals surface area contributed by atoms with Gasteiger partial charge < -0.3 is 10.5 Å². The Morgan fingerprint density at radius 1 is 0.947 bits per heavy atom. The Kier molecular flexibility index (Phi) is 3.56. The van der Waals surface area contributed by atoms with E-state index in [1.807, 2.05) is 12.1 Å². The third kappa shape index (κ3) is 2.77. The summed E-state index contributed by atoms with van der Waals surface area (Å²) in [5.74, 6) is 0.808. The number of benzene rings is 2. The summed E-state index contributed by atoms with van der Waals surface area (Å²) in [6.07, 6.45) is 0. The van der Waals surface area contributed by atoms with Crippen molar-refractivity contribution in [2.75, 3.05) is 5.73 Å². The summed E-state index contributed by atoms with van der Waals surface area (Å²) in [6.45, 7) is 0. The molecule has 0 aliphatic heterocycles. The number of hydrogen-bond acceptors (Lipinski definition) is 4. The maximum Gasteiger partial charge on any atom is 0.150 e. The van der Waals surface area contributed by atoms with Crippen LogP contribution in [0.1, 0.15) is 11.1 Å². The standard InChI is InChI=1S/C14H8ClN3O/c15-11-5-9(7-16)1-3-13(11)19-14-4-2-10(8-17)6-12(14)18/h1-6H,18H2. The van der Waals surface area contributed by atoms with Gasteiger partial charge in [-0.2, -0.15) is 10.5 Å². The molecule has 0 aliphatic carbocycles. The van der Waals surface area contributed by atoms with E-state index in [0.29, 0.717) is 33.3 Å². The van der Waals surface area contributed by atoms with Gasteiger partial charge in [-0.25, -0.2) is 0 Å². The number of hydrogen-bond donors (Lipinski definition) is 1. The smallest absolute Gasteiger partial charge is 0.150 e. The molecule has 4 nitrogen and oxygen atoms in total. The molecule has 0 heterocycles. The van der Waals surface area contributed by atoms with Crippen LogP contribution in [0.3, 0.4) is 0 Å². The SMILES string of the molecule is N#Cc1ccc(Oc2ccc(C#N)cc2Cl)c(N)c1. The van der Waals surface area contributed by atoms with Crippen LogP contribution in [0.25, 0.3) is 0 Å². The Morgan fingerprint density at radius 3 is 2.05 bits per heavy atom. The molecule has 2 rings (SSSR count). The quantitative estimate of drug-likeness (QED) is 0.846. The lowest BCUT2D eigenvalue weighted by molar-refractivity contribution is 0.485. The van der Waals surface area contributed by atoms with Crippen molar-refractivity contribution >= 4 is 17.3 Å². The molecule has 0 unspecified atom stereocenters. The summed E-state index contributed by atoms with van der Waals surface area (Å²) in [7, 11) is 0. The second-order valence-electron chi connectivity index (χ2n) is 3.72. The molecular formula is C14H8ClN3O. The summed E-state index contributed by atoms with van der Waals surface area (Å²) in [6, 6.07) is 13.4. The fourth-order valence-corrected chi connectivity index (χ4v) is 1.70. The Balaban J connectivity index is 2.32. The van der Waals surface area contributed by atoms with E-state index in [4.69, 9.17) is 32.6 Å². The highest BCUT2D eigenvalue weighted by Gasteiger charge is 2.07. The molecule has 0 bridgehead atoms. The van der Waals surface area contributed by atoms with Crippen LogP contribution in [-0.2, 0) is 0 Å². The molecule has 0 amide bonds. The van der Waals surface area contributed by atoms with E-state index in [2.05, 4.69) is 0 Å². The van der Waals surface area contributed by atoms with Gasteiger partial charge in [0.2, 0.25) is 0 Å². The van der Waals surface area contributed by atoms with Gasteiger partial charge in [-0.3, -0.25) is 0 Å². The second-order valence-corrected chi connectivity index (χ2v) is 4.13. The number of nitrogens with two attached hydrogens (primary N) is 1. The van der Waals surface area contributed by atoms with E-state index >= 15 is 0 Å². The van der Waals surface area contributed by atoms with Crippen LogP contribution in [0, 0.1) is 22.7 Å². The molecule has 19 heavy (non-hydrogen) atoms.